The molecule has 0 unspecified atom stereocenters. The molecule has 0 radical (unpaired) electrons. The molecule has 2 rings (SSSR count). The minimum Gasteiger partial charge on any atom is -0.494 e. The number of hydrogen-bond acceptors (Lipinski definition) is 4. The van der Waals surface area contributed by atoms with E-state index >= 15 is 0 Å². The van der Waals surface area contributed by atoms with Gasteiger partial charge in [0.1, 0.15) is 12.1 Å². The Hall–Kier alpha value is -2.31. The Morgan fingerprint density at radius 2 is 1.75 bits per heavy atom. The van der Waals surface area contributed by atoms with Gasteiger partial charge in [0.2, 0.25) is 5.88 Å². The summed E-state index contributed by atoms with van der Waals surface area (Å²) in [7, 11) is 0. The maximum Gasteiger partial charge on any atom is 0.433 e. The molecule has 0 fully saturated rings. The molecule has 0 spiro atoms. The Labute approximate surface area is 138 Å². The Morgan fingerprint density at radius 3 is 2.42 bits per heavy atom. The second-order valence-electron chi connectivity index (χ2n) is 5.18. The first-order valence-electron chi connectivity index (χ1n) is 7.73. The number of aromatic nitrogens is 2. The molecule has 24 heavy (non-hydrogen) atoms. The van der Waals surface area contributed by atoms with Crippen LogP contribution in [0.25, 0.3) is 0 Å². The van der Waals surface area contributed by atoms with Crippen LogP contribution < -0.4 is 9.47 Å². The second-order valence-corrected chi connectivity index (χ2v) is 5.18. The molecule has 2 aromatic rings. The smallest absolute Gasteiger partial charge is 0.433 e. The number of benzene rings is 1. The number of rotatable bonds is 8. The molecule has 0 aliphatic rings. The van der Waals surface area contributed by atoms with Gasteiger partial charge in [-0.15, -0.1) is 0 Å². The van der Waals surface area contributed by atoms with Crippen molar-refractivity contribution < 1.29 is 22.6 Å². The summed E-state index contributed by atoms with van der Waals surface area (Å²) in [5.41, 5.74) is -0.0102. The van der Waals surface area contributed by atoms with Crippen LogP contribution in [0.4, 0.5) is 13.2 Å². The van der Waals surface area contributed by atoms with Gasteiger partial charge in [-0.2, -0.15) is 13.2 Å². The first kappa shape index (κ1) is 18.0. The molecule has 4 nitrogen and oxygen atoms in total. The molecule has 1 aromatic heterocycles. The number of unbranched alkanes of at least 4 members (excludes halogenated alkanes) is 1. The fourth-order valence-electron chi connectivity index (χ4n) is 1.93. The average molecular weight is 340 g/mol. The summed E-state index contributed by atoms with van der Waals surface area (Å²) in [6.07, 6.45) is -1.02. The van der Waals surface area contributed by atoms with E-state index in [0.29, 0.717) is 13.0 Å². The van der Waals surface area contributed by atoms with Crippen molar-refractivity contribution in [2.75, 3.05) is 13.2 Å². The summed E-state index contributed by atoms with van der Waals surface area (Å²) < 4.78 is 48.5. The Kier molecular flexibility index (Phi) is 6.40. The summed E-state index contributed by atoms with van der Waals surface area (Å²) in [6.45, 7) is 3.01. The maximum absolute atomic E-state index is 12.5. The fraction of sp³-hybridized carbons (Fsp3) is 0.412. The number of nitrogens with zero attached hydrogens (tertiary/aromatic N) is 2. The number of alkyl halides is 3. The standard InChI is InChI=1S/C17H19F3N2O2/c1-2-3-9-23-14-6-4-13(5-7-14)8-10-24-16-11-15(17(18,19)20)21-12-22-16/h4-7,11-12H,2-3,8-10H2,1H3. The van der Waals surface area contributed by atoms with Crippen LogP contribution in [0.15, 0.2) is 36.7 Å². The fourth-order valence-corrected chi connectivity index (χ4v) is 1.93. The van der Waals surface area contributed by atoms with E-state index in [-0.39, 0.29) is 12.5 Å². The topological polar surface area (TPSA) is 44.2 Å². The van der Waals surface area contributed by atoms with Crippen LogP contribution in [0.3, 0.4) is 0 Å². The van der Waals surface area contributed by atoms with Gasteiger partial charge in [-0.3, -0.25) is 0 Å². The van der Waals surface area contributed by atoms with E-state index in [1.165, 1.54) is 0 Å². The molecular weight excluding hydrogens is 321 g/mol. The molecule has 0 bridgehead atoms. The zero-order valence-electron chi connectivity index (χ0n) is 13.3. The lowest BCUT2D eigenvalue weighted by Gasteiger charge is -2.09. The summed E-state index contributed by atoms with van der Waals surface area (Å²) in [6, 6.07) is 8.36. The lowest BCUT2D eigenvalue weighted by molar-refractivity contribution is -0.141. The van der Waals surface area contributed by atoms with Gasteiger partial charge in [0.05, 0.1) is 13.2 Å². The SMILES string of the molecule is CCCCOc1ccc(CCOc2cc(C(F)(F)F)ncn2)cc1. The lowest BCUT2D eigenvalue weighted by atomic mass is 10.1. The van der Waals surface area contributed by atoms with Crippen LogP contribution in [0.2, 0.25) is 0 Å². The van der Waals surface area contributed by atoms with Crippen LogP contribution >= 0.6 is 0 Å². The normalized spacial score (nSPS) is 11.3. The first-order chi connectivity index (χ1) is 11.5. The van der Waals surface area contributed by atoms with E-state index in [9.17, 15) is 13.2 Å². The second kappa shape index (κ2) is 8.52. The third-order valence-corrected chi connectivity index (χ3v) is 3.26. The highest BCUT2D eigenvalue weighted by Crippen LogP contribution is 2.28. The number of hydrogen-bond donors (Lipinski definition) is 0. The van der Waals surface area contributed by atoms with Gasteiger partial charge in [-0.1, -0.05) is 25.5 Å². The van der Waals surface area contributed by atoms with Crippen LogP contribution in [0, 0.1) is 0 Å². The number of ether oxygens (including phenoxy) is 2. The minimum absolute atomic E-state index is 0.0863. The van der Waals surface area contributed by atoms with E-state index in [0.717, 1.165) is 36.5 Å². The van der Waals surface area contributed by atoms with E-state index in [1.54, 1.807) is 0 Å². The highest BCUT2D eigenvalue weighted by Gasteiger charge is 2.33. The Morgan fingerprint density at radius 1 is 1.00 bits per heavy atom. The van der Waals surface area contributed by atoms with Crippen LogP contribution in [0.5, 0.6) is 11.6 Å². The van der Waals surface area contributed by atoms with Crippen LogP contribution in [-0.4, -0.2) is 23.2 Å². The van der Waals surface area contributed by atoms with E-state index < -0.39 is 11.9 Å². The van der Waals surface area contributed by atoms with Gasteiger partial charge in [0.25, 0.3) is 0 Å². The molecule has 1 heterocycles. The van der Waals surface area contributed by atoms with E-state index in [1.807, 2.05) is 24.3 Å². The predicted molar refractivity (Wildman–Crippen MR) is 83.1 cm³/mol. The van der Waals surface area contributed by atoms with Gasteiger partial charge in [0.15, 0.2) is 5.69 Å². The molecule has 130 valence electrons. The van der Waals surface area contributed by atoms with Crippen molar-refractivity contribution in [1.29, 1.82) is 0 Å². The van der Waals surface area contributed by atoms with Crippen molar-refractivity contribution in [1.82, 2.24) is 9.97 Å². The van der Waals surface area contributed by atoms with E-state index in [4.69, 9.17) is 9.47 Å². The summed E-state index contributed by atoms with van der Waals surface area (Å²) >= 11 is 0. The van der Waals surface area contributed by atoms with Crippen molar-refractivity contribution in [2.24, 2.45) is 0 Å². The lowest BCUT2D eigenvalue weighted by Crippen LogP contribution is -2.10. The van der Waals surface area contributed by atoms with Gasteiger partial charge < -0.3 is 9.47 Å². The van der Waals surface area contributed by atoms with Gasteiger partial charge in [-0.25, -0.2) is 9.97 Å². The molecule has 7 heteroatoms. The Balaban J connectivity index is 1.82. The average Bonchev–Trinajstić information content (AvgIpc) is 2.56. The summed E-state index contributed by atoms with van der Waals surface area (Å²) in [4.78, 5) is 6.87. The van der Waals surface area contributed by atoms with Crippen molar-refractivity contribution in [3.05, 3.63) is 47.9 Å². The van der Waals surface area contributed by atoms with Gasteiger partial charge in [-0.05, 0) is 24.1 Å². The summed E-state index contributed by atoms with van der Waals surface area (Å²) in [5, 5.41) is 0. The van der Waals surface area contributed by atoms with E-state index in [2.05, 4.69) is 16.9 Å². The first-order valence-corrected chi connectivity index (χ1v) is 7.73. The van der Waals surface area contributed by atoms with Crippen molar-refractivity contribution in [3.8, 4) is 11.6 Å². The van der Waals surface area contributed by atoms with Crippen molar-refractivity contribution in [2.45, 2.75) is 32.4 Å². The van der Waals surface area contributed by atoms with Crippen molar-refractivity contribution in [3.63, 3.8) is 0 Å². The molecule has 0 aliphatic carbocycles. The highest BCUT2D eigenvalue weighted by atomic mass is 19.4. The molecule has 0 amide bonds. The van der Waals surface area contributed by atoms with Crippen molar-refractivity contribution >= 4 is 0 Å². The van der Waals surface area contributed by atoms with Gasteiger partial charge >= 0.3 is 6.18 Å². The largest absolute Gasteiger partial charge is 0.494 e. The molecule has 1 aromatic carbocycles. The highest BCUT2D eigenvalue weighted by molar-refractivity contribution is 5.27. The number of halogens is 3. The third kappa shape index (κ3) is 5.72. The molecule has 0 N–H and O–H groups in total. The quantitative estimate of drug-likeness (QED) is 0.672. The molecule has 0 aliphatic heterocycles. The zero-order chi connectivity index (χ0) is 17.4. The van der Waals surface area contributed by atoms with Gasteiger partial charge in [0, 0.05) is 12.5 Å². The molecular formula is C17H19F3N2O2. The van der Waals surface area contributed by atoms with Crippen LogP contribution in [0.1, 0.15) is 31.0 Å². The maximum atomic E-state index is 12.5. The van der Waals surface area contributed by atoms with Crippen LogP contribution in [-0.2, 0) is 12.6 Å². The molecule has 0 saturated carbocycles. The third-order valence-electron chi connectivity index (χ3n) is 3.26. The summed E-state index contributed by atoms with van der Waals surface area (Å²) in [5.74, 6) is 0.718. The Bertz CT molecular complexity index is 630. The minimum atomic E-state index is -4.51. The predicted octanol–water partition coefficient (Wildman–Crippen LogP) is 4.30. The monoisotopic (exact) mass is 340 g/mol. The molecule has 0 atom stereocenters. The zero-order valence-corrected chi connectivity index (χ0v) is 13.3. The molecule has 0 saturated heterocycles.